The molecule has 0 aromatic heterocycles. The topological polar surface area (TPSA) is 40.5 Å². The van der Waals surface area contributed by atoms with Crippen LogP contribution in [-0.2, 0) is 4.79 Å². The molecule has 1 heterocycles. The fourth-order valence-electron chi connectivity index (χ4n) is 0.957. The first-order valence-corrected chi connectivity index (χ1v) is 3.13. The predicted octanol–water partition coefficient (Wildman–Crippen LogP) is -0.490. The summed E-state index contributed by atoms with van der Waals surface area (Å²) in [5.41, 5.74) is 0. The Kier molecular flexibility index (Phi) is 1.98. The number of amides is 1. The summed E-state index contributed by atoms with van der Waals surface area (Å²) < 4.78 is 0. The third kappa shape index (κ3) is 1.63. The van der Waals surface area contributed by atoms with Crippen LogP contribution in [0.2, 0.25) is 0 Å². The Hall–Kier alpha value is -0.660. The number of piperidine rings is 1. The highest BCUT2D eigenvalue weighted by atomic mass is 16.3. The van der Waals surface area contributed by atoms with Gasteiger partial charge in [0.25, 0.3) is 0 Å². The molecule has 0 aromatic rings. The van der Waals surface area contributed by atoms with Crippen LogP contribution in [0.3, 0.4) is 0 Å². The minimum Gasteiger partial charge on any atom is -0.393 e. The van der Waals surface area contributed by atoms with Crippen LogP contribution in [0, 0.1) is 0 Å². The average molecular weight is 128 g/mol. The summed E-state index contributed by atoms with van der Waals surface area (Å²) >= 11 is 0. The average Bonchev–Trinajstić information content (AvgIpc) is 1.90. The molecule has 0 aliphatic carbocycles. The van der Waals surface area contributed by atoms with Gasteiger partial charge < -0.3 is 5.11 Å². The largest absolute Gasteiger partial charge is 0.667 e. The molecule has 9 heavy (non-hydrogen) atoms. The molecule has 1 aliphatic heterocycles. The van der Waals surface area contributed by atoms with Crippen LogP contribution in [0.25, 0.3) is 0 Å². The molecule has 0 spiro atoms. The van der Waals surface area contributed by atoms with Crippen molar-refractivity contribution >= 4 is 6.41 Å². The van der Waals surface area contributed by atoms with Crippen LogP contribution in [0.4, 0.5) is 0 Å². The molecule has 3 heteroatoms. The predicted molar refractivity (Wildman–Crippen MR) is 32.5 cm³/mol. The van der Waals surface area contributed by atoms with Gasteiger partial charge in [-0.05, 0) is 12.8 Å². The summed E-state index contributed by atoms with van der Waals surface area (Å²) in [6, 6.07) is 0. The quantitative estimate of drug-likeness (QED) is 0.484. The molecule has 0 aromatic carbocycles. The molecule has 1 fully saturated rings. The number of hydrogen-bond donors (Lipinski definition) is 1. The zero-order valence-electron chi connectivity index (χ0n) is 5.21. The molecule has 50 valence electrons. The van der Waals surface area contributed by atoms with Gasteiger partial charge in [-0.3, -0.25) is 0 Å². The molecule has 0 radical (unpaired) electrons. The van der Waals surface area contributed by atoms with Crippen LogP contribution < -0.4 is 0 Å². The molecular formula is C6H10NO2+. The molecule has 1 amide bonds. The first-order chi connectivity index (χ1) is 4.33. The number of carbonyl (C=O) groups excluding carboxylic acids is 1. The van der Waals surface area contributed by atoms with Crippen LogP contribution in [0.5, 0.6) is 0 Å². The van der Waals surface area contributed by atoms with Crippen molar-refractivity contribution in [2.45, 2.75) is 18.9 Å². The van der Waals surface area contributed by atoms with E-state index in [2.05, 4.69) is 0 Å². The SMILES string of the molecule is O=[C+]N1CCC(O)CC1. The monoisotopic (exact) mass is 128 g/mol. The third-order valence-corrected chi connectivity index (χ3v) is 1.59. The Balaban J connectivity index is 2.26. The van der Waals surface area contributed by atoms with Gasteiger partial charge in [0.2, 0.25) is 0 Å². The molecule has 1 N–H and O–H groups in total. The van der Waals surface area contributed by atoms with Crippen LogP contribution in [0.15, 0.2) is 0 Å². The first kappa shape index (κ1) is 6.46. The maximum atomic E-state index is 9.99. The van der Waals surface area contributed by atoms with Crippen molar-refractivity contribution in [3.8, 4) is 0 Å². The lowest BCUT2D eigenvalue weighted by molar-refractivity contribution is 0.108. The van der Waals surface area contributed by atoms with Gasteiger partial charge in [0.05, 0.1) is 24.0 Å². The highest BCUT2D eigenvalue weighted by molar-refractivity contribution is 5.48. The second kappa shape index (κ2) is 2.76. The number of likely N-dealkylation sites (tertiary alicyclic amines) is 1. The van der Waals surface area contributed by atoms with E-state index in [1.165, 1.54) is 0 Å². The van der Waals surface area contributed by atoms with Crippen LogP contribution in [-0.4, -0.2) is 35.6 Å². The minimum atomic E-state index is -0.199. The van der Waals surface area contributed by atoms with E-state index in [-0.39, 0.29) is 6.10 Å². The van der Waals surface area contributed by atoms with Crippen LogP contribution >= 0.6 is 0 Å². The molecule has 1 saturated heterocycles. The van der Waals surface area contributed by atoms with Gasteiger partial charge >= 0.3 is 6.41 Å². The Morgan fingerprint density at radius 3 is 2.44 bits per heavy atom. The van der Waals surface area contributed by atoms with E-state index in [9.17, 15) is 4.79 Å². The van der Waals surface area contributed by atoms with Gasteiger partial charge in [0, 0.05) is 0 Å². The van der Waals surface area contributed by atoms with E-state index in [1.54, 1.807) is 11.3 Å². The third-order valence-electron chi connectivity index (χ3n) is 1.59. The highest BCUT2D eigenvalue weighted by Crippen LogP contribution is 2.06. The number of hydrogen-bond acceptors (Lipinski definition) is 2. The fraction of sp³-hybridized carbons (Fsp3) is 0.833. The summed E-state index contributed by atoms with van der Waals surface area (Å²) in [4.78, 5) is 11.5. The molecule has 3 nitrogen and oxygen atoms in total. The van der Waals surface area contributed by atoms with Crippen LogP contribution in [0.1, 0.15) is 12.8 Å². The number of aliphatic hydroxyl groups excluding tert-OH is 1. The summed E-state index contributed by atoms with van der Waals surface area (Å²) in [6.07, 6.45) is 3.00. The van der Waals surface area contributed by atoms with Crippen molar-refractivity contribution < 1.29 is 9.90 Å². The molecule has 0 unspecified atom stereocenters. The van der Waals surface area contributed by atoms with Crippen molar-refractivity contribution in [2.24, 2.45) is 0 Å². The van der Waals surface area contributed by atoms with Gasteiger partial charge in [-0.15, -0.1) is 4.90 Å². The summed E-state index contributed by atoms with van der Waals surface area (Å²) in [7, 11) is 0. The Morgan fingerprint density at radius 1 is 1.44 bits per heavy atom. The van der Waals surface area contributed by atoms with E-state index in [0.717, 1.165) is 0 Å². The Labute approximate surface area is 54.3 Å². The molecular weight excluding hydrogens is 118 g/mol. The van der Waals surface area contributed by atoms with E-state index in [1.807, 2.05) is 0 Å². The second-order valence-electron chi connectivity index (χ2n) is 2.31. The van der Waals surface area contributed by atoms with Crippen molar-refractivity contribution in [3.63, 3.8) is 0 Å². The smallest absolute Gasteiger partial charge is 0.393 e. The highest BCUT2D eigenvalue weighted by Gasteiger charge is 2.23. The van der Waals surface area contributed by atoms with Gasteiger partial charge in [-0.2, -0.15) is 0 Å². The van der Waals surface area contributed by atoms with E-state index < -0.39 is 0 Å². The van der Waals surface area contributed by atoms with Crippen molar-refractivity contribution in [3.05, 3.63) is 0 Å². The van der Waals surface area contributed by atoms with Crippen molar-refractivity contribution in [1.29, 1.82) is 0 Å². The first-order valence-electron chi connectivity index (χ1n) is 3.13. The maximum Gasteiger partial charge on any atom is 0.667 e. The Bertz CT molecular complexity index is 97.2. The lowest BCUT2D eigenvalue weighted by atomic mass is 10.1. The number of aliphatic hydroxyl groups is 1. The van der Waals surface area contributed by atoms with Gasteiger partial charge in [0.1, 0.15) is 0 Å². The zero-order chi connectivity index (χ0) is 6.69. The van der Waals surface area contributed by atoms with Gasteiger partial charge in [-0.1, -0.05) is 0 Å². The van der Waals surface area contributed by atoms with Crippen molar-refractivity contribution in [2.75, 3.05) is 13.1 Å². The fourth-order valence-corrected chi connectivity index (χ4v) is 0.957. The van der Waals surface area contributed by atoms with E-state index in [4.69, 9.17) is 5.11 Å². The summed E-state index contributed by atoms with van der Waals surface area (Å²) in [5.74, 6) is 0. The summed E-state index contributed by atoms with van der Waals surface area (Å²) in [6.45, 7) is 1.31. The molecule has 0 bridgehead atoms. The maximum absolute atomic E-state index is 9.99. The molecule has 1 rings (SSSR count). The van der Waals surface area contributed by atoms with E-state index >= 15 is 0 Å². The summed E-state index contributed by atoms with van der Waals surface area (Å²) in [5, 5.41) is 8.97. The normalized spacial score (nSPS) is 21.7. The lowest BCUT2D eigenvalue weighted by Crippen LogP contribution is -2.34. The zero-order valence-corrected chi connectivity index (χ0v) is 5.21. The van der Waals surface area contributed by atoms with Crippen molar-refractivity contribution in [1.82, 2.24) is 4.90 Å². The molecule has 0 saturated carbocycles. The van der Waals surface area contributed by atoms with E-state index in [0.29, 0.717) is 25.9 Å². The molecule has 1 aliphatic rings. The Morgan fingerprint density at radius 2 is 2.00 bits per heavy atom. The van der Waals surface area contributed by atoms with Gasteiger partial charge in [0.15, 0.2) is 0 Å². The number of nitrogens with zero attached hydrogens (tertiary/aromatic N) is 1. The standard InChI is InChI=1S/C6H10NO2/c8-5-7-3-1-6(9)2-4-7/h6,9H,1-4H2/q+1. The van der Waals surface area contributed by atoms with Gasteiger partial charge in [-0.25, -0.2) is 0 Å². The lowest BCUT2D eigenvalue weighted by Gasteiger charge is -2.17. The second-order valence-corrected chi connectivity index (χ2v) is 2.31. The number of rotatable bonds is 1. The molecule has 0 atom stereocenters. The minimum absolute atomic E-state index is 0.199.